The fourth-order valence-electron chi connectivity index (χ4n) is 2.03. The molecule has 0 saturated carbocycles. The molecule has 0 aliphatic heterocycles. The highest BCUT2D eigenvalue weighted by Crippen LogP contribution is 2.22. The Kier molecular flexibility index (Phi) is 4.67. The second-order valence-corrected chi connectivity index (χ2v) is 5.60. The van der Waals surface area contributed by atoms with Gasteiger partial charge in [0, 0.05) is 12.2 Å². The van der Waals surface area contributed by atoms with Crippen molar-refractivity contribution in [3.63, 3.8) is 0 Å². The first kappa shape index (κ1) is 15.6. The van der Waals surface area contributed by atoms with Crippen molar-refractivity contribution in [2.75, 3.05) is 5.73 Å². The highest BCUT2D eigenvalue weighted by molar-refractivity contribution is 9.10. The molecule has 0 saturated heterocycles. The monoisotopic (exact) mass is 351 g/mol. The van der Waals surface area contributed by atoms with Crippen LogP contribution in [0.1, 0.15) is 34.2 Å². The average molecular weight is 352 g/mol. The first-order valence-electron chi connectivity index (χ1n) is 6.69. The van der Waals surface area contributed by atoms with Crippen molar-refractivity contribution in [1.82, 2.24) is 9.78 Å². The van der Waals surface area contributed by atoms with Crippen LogP contribution in [0.4, 0.5) is 5.69 Å². The number of nitrogen functional groups attached to an aromatic ring is 1. The number of hydrogen-bond donors (Lipinski definition) is 1. The van der Waals surface area contributed by atoms with Crippen molar-refractivity contribution in [2.45, 2.75) is 33.9 Å². The van der Waals surface area contributed by atoms with Gasteiger partial charge in [0.25, 0.3) is 0 Å². The van der Waals surface area contributed by atoms with Crippen LogP contribution in [0.15, 0.2) is 22.7 Å². The Balaban J connectivity index is 2.12. The lowest BCUT2D eigenvalue weighted by atomic mass is 10.1. The summed E-state index contributed by atoms with van der Waals surface area (Å²) in [6, 6.07) is 5.11. The van der Waals surface area contributed by atoms with E-state index in [1.807, 2.05) is 25.5 Å². The summed E-state index contributed by atoms with van der Waals surface area (Å²) < 4.78 is 8.08. The maximum atomic E-state index is 12.1. The molecule has 1 heterocycles. The molecule has 2 rings (SSSR count). The zero-order chi connectivity index (χ0) is 15.6. The number of aryl methyl sites for hydroxylation is 3. The third-order valence-corrected chi connectivity index (χ3v) is 4.33. The molecular formula is C15H18BrN3O2. The van der Waals surface area contributed by atoms with E-state index in [-0.39, 0.29) is 12.6 Å². The molecule has 0 fully saturated rings. The van der Waals surface area contributed by atoms with Gasteiger partial charge in [-0.05, 0) is 60.5 Å². The van der Waals surface area contributed by atoms with Gasteiger partial charge in [-0.1, -0.05) is 0 Å². The fraction of sp³-hybridized carbons (Fsp3) is 0.333. The third kappa shape index (κ3) is 3.26. The van der Waals surface area contributed by atoms with Crippen molar-refractivity contribution in [3.05, 3.63) is 45.2 Å². The van der Waals surface area contributed by atoms with E-state index in [1.54, 1.807) is 18.2 Å². The lowest BCUT2D eigenvalue weighted by Crippen LogP contribution is -2.10. The molecule has 5 nitrogen and oxygen atoms in total. The first-order chi connectivity index (χ1) is 9.93. The van der Waals surface area contributed by atoms with Crippen LogP contribution in [0.25, 0.3) is 0 Å². The Bertz CT molecular complexity index is 680. The van der Waals surface area contributed by atoms with Crippen LogP contribution in [0.5, 0.6) is 0 Å². The number of aromatic nitrogens is 2. The van der Waals surface area contributed by atoms with Crippen LogP contribution < -0.4 is 5.73 Å². The maximum Gasteiger partial charge on any atom is 0.338 e. The summed E-state index contributed by atoms with van der Waals surface area (Å²) in [6.45, 7) is 6.66. The number of carbonyl (C=O) groups excluding carboxylic acids is 1. The number of esters is 1. The molecule has 112 valence electrons. The van der Waals surface area contributed by atoms with Crippen LogP contribution in [0, 0.1) is 13.8 Å². The molecule has 0 spiro atoms. The van der Waals surface area contributed by atoms with Gasteiger partial charge in [0.2, 0.25) is 0 Å². The van der Waals surface area contributed by atoms with Crippen LogP contribution in [-0.2, 0) is 17.9 Å². The normalized spacial score (nSPS) is 10.7. The summed E-state index contributed by atoms with van der Waals surface area (Å²) in [4.78, 5) is 12.1. The minimum Gasteiger partial charge on any atom is -0.456 e. The predicted molar refractivity (Wildman–Crippen MR) is 85.0 cm³/mol. The number of hydrogen-bond acceptors (Lipinski definition) is 4. The molecule has 0 amide bonds. The zero-order valence-corrected chi connectivity index (χ0v) is 13.9. The summed E-state index contributed by atoms with van der Waals surface area (Å²) in [6.07, 6.45) is 0. The maximum absolute atomic E-state index is 12.1. The molecule has 0 bridgehead atoms. The lowest BCUT2D eigenvalue weighted by molar-refractivity contribution is 0.0461. The van der Waals surface area contributed by atoms with E-state index in [0.29, 0.717) is 11.3 Å². The standard InChI is InChI=1S/C15H18BrN3O2/c1-4-19-13(14(16)10(3)18-19)8-21-15(20)11-5-6-12(17)9(2)7-11/h5-7H,4,8,17H2,1-3H3. The molecule has 6 heteroatoms. The van der Waals surface area contributed by atoms with Gasteiger partial charge in [0.05, 0.1) is 21.4 Å². The SMILES string of the molecule is CCn1nc(C)c(Br)c1COC(=O)c1ccc(N)c(C)c1. The second-order valence-electron chi connectivity index (χ2n) is 4.81. The average Bonchev–Trinajstić information content (AvgIpc) is 2.74. The Hall–Kier alpha value is -1.82. The highest BCUT2D eigenvalue weighted by atomic mass is 79.9. The van der Waals surface area contributed by atoms with Gasteiger partial charge in [-0.3, -0.25) is 4.68 Å². The van der Waals surface area contributed by atoms with Gasteiger partial charge >= 0.3 is 5.97 Å². The Morgan fingerprint density at radius 3 is 2.76 bits per heavy atom. The van der Waals surface area contributed by atoms with Gasteiger partial charge in [0.1, 0.15) is 6.61 Å². The van der Waals surface area contributed by atoms with Gasteiger partial charge in [-0.15, -0.1) is 0 Å². The van der Waals surface area contributed by atoms with Crippen molar-refractivity contribution >= 4 is 27.6 Å². The van der Waals surface area contributed by atoms with Crippen LogP contribution in [0.3, 0.4) is 0 Å². The zero-order valence-electron chi connectivity index (χ0n) is 12.3. The molecule has 0 atom stereocenters. The topological polar surface area (TPSA) is 70.1 Å². The molecule has 1 aromatic carbocycles. The smallest absolute Gasteiger partial charge is 0.338 e. The molecular weight excluding hydrogens is 334 g/mol. The van der Waals surface area contributed by atoms with Crippen molar-refractivity contribution in [3.8, 4) is 0 Å². The molecule has 2 aromatic rings. The number of rotatable bonds is 4. The number of carbonyl (C=O) groups is 1. The van der Waals surface area contributed by atoms with Crippen molar-refractivity contribution < 1.29 is 9.53 Å². The quantitative estimate of drug-likeness (QED) is 0.678. The van der Waals surface area contributed by atoms with E-state index in [4.69, 9.17) is 10.5 Å². The number of ether oxygens (including phenoxy) is 1. The minimum absolute atomic E-state index is 0.178. The molecule has 1 aromatic heterocycles. The molecule has 21 heavy (non-hydrogen) atoms. The molecule has 0 aliphatic rings. The van der Waals surface area contributed by atoms with Crippen LogP contribution >= 0.6 is 15.9 Å². The summed E-state index contributed by atoms with van der Waals surface area (Å²) in [5.74, 6) is -0.369. The minimum atomic E-state index is -0.369. The largest absolute Gasteiger partial charge is 0.456 e. The predicted octanol–water partition coefficient (Wildman–Crippen LogP) is 3.22. The van der Waals surface area contributed by atoms with E-state index in [2.05, 4.69) is 21.0 Å². The Labute approximate surface area is 132 Å². The summed E-state index contributed by atoms with van der Waals surface area (Å²) in [7, 11) is 0. The van der Waals surface area contributed by atoms with Gasteiger partial charge in [-0.25, -0.2) is 4.79 Å². The van der Waals surface area contributed by atoms with Crippen LogP contribution in [-0.4, -0.2) is 15.7 Å². The number of nitrogens with zero attached hydrogens (tertiary/aromatic N) is 2. The highest BCUT2D eigenvalue weighted by Gasteiger charge is 2.15. The van der Waals surface area contributed by atoms with Gasteiger partial charge in [-0.2, -0.15) is 5.10 Å². The van der Waals surface area contributed by atoms with Gasteiger partial charge in [0.15, 0.2) is 0 Å². The number of benzene rings is 1. The second kappa shape index (κ2) is 6.30. The summed E-state index contributed by atoms with van der Waals surface area (Å²) in [5.41, 5.74) is 9.50. The molecule has 0 radical (unpaired) electrons. The number of halogens is 1. The third-order valence-electron chi connectivity index (χ3n) is 3.30. The van der Waals surface area contributed by atoms with E-state index >= 15 is 0 Å². The van der Waals surface area contributed by atoms with E-state index in [9.17, 15) is 4.79 Å². The summed E-state index contributed by atoms with van der Waals surface area (Å²) >= 11 is 3.48. The molecule has 0 unspecified atom stereocenters. The Morgan fingerprint density at radius 2 is 2.14 bits per heavy atom. The lowest BCUT2D eigenvalue weighted by Gasteiger charge is -2.08. The number of nitrogens with two attached hydrogens (primary N) is 1. The molecule has 0 aliphatic carbocycles. The molecule has 2 N–H and O–H groups in total. The fourth-order valence-corrected chi connectivity index (χ4v) is 2.43. The van der Waals surface area contributed by atoms with Crippen LogP contribution in [0.2, 0.25) is 0 Å². The number of anilines is 1. The Morgan fingerprint density at radius 1 is 1.43 bits per heavy atom. The first-order valence-corrected chi connectivity index (χ1v) is 7.48. The van der Waals surface area contributed by atoms with Crippen molar-refractivity contribution in [1.29, 1.82) is 0 Å². The summed E-state index contributed by atoms with van der Waals surface area (Å²) in [5, 5.41) is 4.37. The van der Waals surface area contributed by atoms with E-state index in [0.717, 1.165) is 28.0 Å². The van der Waals surface area contributed by atoms with Gasteiger partial charge < -0.3 is 10.5 Å². The van der Waals surface area contributed by atoms with E-state index < -0.39 is 0 Å². The van der Waals surface area contributed by atoms with E-state index in [1.165, 1.54) is 0 Å². The van der Waals surface area contributed by atoms with Crippen molar-refractivity contribution in [2.24, 2.45) is 0 Å².